The third kappa shape index (κ3) is 3.28. The first-order chi connectivity index (χ1) is 24.8. The van der Waals surface area contributed by atoms with Crippen molar-refractivity contribution in [3.05, 3.63) is 158 Å². The zero-order chi connectivity index (χ0) is 32.5. The van der Waals surface area contributed by atoms with E-state index in [9.17, 15) is 0 Å². The van der Waals surface area contributed by atoms with Gasteiger partial charge in [0.15, 0.2) is 0 Å². The molecule has 0 radical (unpaired) electrons. The smallest absolute Gasteiger partial charge is 0.0273 e. The van der Waals surface area contributed by atoms with E-state index in [1.165, 1.54) is 121 Å². The fourth-order valence-electron chi connectivity index (χ4n) is 9.33. The van der Waals surface area contributed by atoms with Crippen LogP contribution in [0, 0.1) is 0 Å². The zero-order valence-electron chi connectivity index (χ0n) is 26.9. The van der Waals surface area contributed by atoms with Crippen LogP contribution in [0.25, 0.3) is 121 Å². The highest BCUT2D eigenvalue weighted by atomic mass is 14.6. The molecule has 0 amide bonds. The Kier molecular flexibility index (Phi) is 5.00. The molecule has 50 heavy (non-hydrogen) atoms. The summed E-state index contributed by atoms with van der Waals surface area (Å²) in [7, 11) is 0. The predicted molar refractivity (Wildman–Crippen MR) is 209 cm³/mol. The van der Waals surface area contributed by atoms with Gasteiger partial charge >= 0.3 is 0 Å². The summed E-state index contributed by atoms with van der Waals surface area (Å²) in [4.78, 5) is 8.87. The summed E-state index contributed by atoms with van der Waals surface area (Å²) in [5, 5.41) is 12.8. The van der Waals surface area contributed by atoms with Crippen molar-refractivity contribution >= 4 is 53.9 Å². The molecule has 2 aromatic heterocycles. The van der Waals surface area contributed by atoms with E-state index in [0.717, 1.165) is 0 Å². The van der Waals surface area contributed by atoms with Crippen LogP contribution in [0.3, 0.4) is 0 Å². The minimum absolute atomic E-state index is 1.18. The summed E-state index contributed by atoms with van der Waals surface area (Å²) in [5.74, 6) is 0. The van der Waals surface area contributed by atoms with Gasteiger partial charge in [0.1, 0.15) is 0 Å². The second-order valence-corrected chi connectivity index (χ2v) is 13.7. The second-order valence-electron chi connectivity index (χ2n) is 13.7. The lowest BCUT2D eigenvalue weighted by Crippen LogP contribution is -1.95. The number of nitrogens with zero attached hydrogens (tertiary/aromatic N) is 2. The van der Waals surface area contributed by atoms with Crippen molar-refractivity contribution in [1.82, 2.24) is 9.97 Å². The van der Waals surface area contributed by atoms with Gasteiger partial charge in [0.2, 0.25) is 0 Å². The van der Waals surface area contributed by atoms with Gasteiger partial charge in [-0.05, 0) is 157 Å². The normalized spacial score (nSPS) is 12.4. The van der Waals surface area contributed by atoms with Gasteiger partial charge in [0, 0.05) is 24.8 Å². The molecule has 0 saturated heterocycles. The van der Waals surface area contributed by atoms with Crippen molar-refractivity contribution in [2.24, 2.45) is 0 Å². The van der Waals surface area contributed by atoms with Gasteiger partial charge < -0.3 is 0 Å². The van der Waals surface area contributed by atoms with Crippen LogP contribution in [0.4, 0.5) is 0 Å². The Morgan fingerprint density at radius 3 is 1.42 bits per heavy atom. The fourth-order valence-corrected chi connectivity index (χ4v) is 9.33. The fraction of sp³-hybridized carbons (Fsp3) is 0. The van der Waals surface area contributed by atoms with Crippen LogP contribution >= 0.6 is 0 Å². The van der Waals surface area contributed by atoms with E-state index >= 15 is 0 Å². The first kappa shape index (κ1) is 26.3. The standard InChI is InChI=1S/C48H26N2/c1-5-27-6-2-10-34-41-26-39-31(25-40(41)33(9-1)42(27)34)13-14-35-32(39)15-16-38-44(29-17-21-49-22-18-29)47-36-11-3-7-28-8-4-12-37(43(28)36)48(47)45(46(35)38)30-19-23-50-24-20-30/h1-26H. The average Bonchev–Trinajstić information content (AvgIpc) is 3.68. The second kappa shape index (κ2) is 9.49. The highest BCUT2D eigenvalue weighted by molar-refractivity contribution is 6.33. The van der Waals surface area contributed by atoms with Gasteiger partial charge in [-0.15, -0.1) is 0 Å². The minimum Gasteiger partial charge on any atom is -0.265 e. The molecule has 0 N–H and O–H groups in total. The maximum Gasteiger partial charge on any atom is 0.0273 e. The summed E-state index contributed by atoms with van der Waals surface area (Å²) in [6, 6.07) is 49.9. The zero-order valence-corrected chi connectivity index (χ0v) is 26.9. The van der Waals surface area contributed by atoms with E-state index in [4.69, 9.17) is 0 Å². The third-order valence-corrected chi connectivity index (χ3v) is 11.3. The number of pyridine rings is 2. The molecule has 10 aromatic rings. The van der Waals surface area contributed by atoms with Gasteiger partial charge in [-0.2, -0.15) is 0 Å². The molecule has 2 aliphatic carbocycles. The van der Waals surface area contributed by atoms with Crippen LogP contribution in [-0.2, 0) is 0 Å². The largest absolute Gasteiger partial charge is 0.265 e. The molecule has 0 saturated carbocycles. The maximum absolute atomic E-state index is 4.45. The average molecular weight is 631 g/mol. The first-order valence-corrected chi connectivity index (χ1v) is 17.2. The molecular formula is C48H26N2. The Labute approximate surface area is 287 Å². The van der Waals surface area contributed by atoms with Crippen molar-refractivity contribution in [1.29, 1.82) is 0 Å². The molecule has 0 fully saturated rings. The summed E-state index contributed by atoms with van der Waals surface area (Å²) < 4.78 is 0. The Hall–Kier alpha value is -6.64. The number of hydrogen-bond acceptors (Lipinski definition) is 2. The van der Waals surface area contributed by atoms with Crippen molar-refractivity contribution in [2.75, 3.05) is 0 Å². The maximum atomic E-state index is 4.45. The highest BCUT2D eigenvalue weighted by Crippen LogP contribution is 2.59. The molecule has 0 spiro atoms. The lowest BCUT2D eigenvalue weighted by atomic mass is 9.81. The topological polar surface area (TPSA) is 25.8 Å². The van der Waals surface area contributed by atoms with E-state index < -0.39 is 0 Å². The Morgan fingerprint density at radius 2 is 0.780 bits per heavy atom. The van der Waals surface area contributed by atoms with Crippen LogP contribution in [0.2, 0.25) is 0 Å². The minimum atomic E-state index is 1.18. The molecule has 2 aliphatic rings. The first-order valence-electron chi connectivity index (χ1n) is 17.2. The molecule has 2 heteroatoms. The van der Waals surface area contributed by atoms with Crippen LogP contribution < -0.4 is 0 Å². The Bertz CT molecular complexity index is 3110. The van der Waals surface area contributed by atoms with Crippen molar-refractivity contribution in [3.8, 4) is 66.8 Å². The van der Waals surface area contributed by atoms with Gasteiger partial charge in [-0.3, -0.25) is 9.97 Å². The number of aromatic nitrogens is 2. The monoisotopic (exact) mass is 630 g/mol. The van der Waals surface area contributed by atoms with Crippen LogP contribution in [0.1, 0.15) is 0 Å². The van der Waals surface area contributed by atoms with E-state index in [0.29, 0.717) is 0 Å². The van der Waals surface area contributed by atoms with Gasteiger partial charge in [0.25, 0.3) is 0 Å². The molecule has 0 aliphatic heterocycles. The van der Waals surface area contributed by atoms with Crippen molar-refractivity contribution < 1.29 is 0 Å². The molecule has 12 rings (SSSR count). The quantitative estimate of drug-likeness (QED) is 0.178. The molecule has 228 valence electrons. The summed E-state index contributed by atoms with van der Waals surface area (Å²) >= 11 is 0. The SMILES string of the molecule is c1cc2c3c(cccc3c1)-c1cc3c(ccc4c3ccc3c(-c5ccncc5)c5c(c(-c6ccncc6)c34)-c3cccc4cccc-5c34)cc1-2. The summed E-state index contributed by atoms with van der Waals surface area (Å²) in [6.45, 7) is 0. The van der Waals surface area contributed by atoms with Crippen molar-refractivity contribution in [2.45, 2.75) is 0 Å². The van der Waals surface area contributed by atoms with Crippen LogP contribution in [-0.4, -0.2) is 9.97 Å². The number of rotatable bonds is 2. The third-order valence-electron chi connectivity index (χ3n) is 11.3. The van der Waals surface area contributed by atoms with E-state index in [1.807, 2.05) is 24.8 Å². The lowest BCUT2D eigenvalue weighted by molar-refractivity contribution is 1.33. The molecular weight excluding hydrogens is 605 g/mol. The van der Waals surface area contributed by atoms with Crippen molar-refractivity contribution in [3.63, 3.8) is 0 Å². The predicted octanol–water partition coefficient (Wildman–Crippen LogP) is 12.9. The summed E-state index contributed by atoms with van der Waals surface area (Å²) in [6.07, 6.45) is 7.69. The van der Waals surface area contributed by atoms with E-state index in [-0.39, 0.29) is 0 Å². The number of hydrogen-bond donors (Lipinski definition) is 0. The Balaban J connectivity index is 1.28. The molecule has 0 unspecified atom stereocenters. The van der Waals surface area contributed by atoms with Gasteiger partial charge in [-0.1, -0.05) is 97.1 Å². The molecule has 0 bridgehead atoms. The van der Waals surface area contributed by atoms with E-state index in [1.54, 1.807) is 0 Å². The highest BCUT2D eigenvalue weighted by Gasteiger charge is 2.31. The Morgan fingerprint density at radius 1 is 0.280 bits per heavy atom. The van der Waals surface area contributed by atoms with Crippen LogP contribution in [0.5, 0.6) is 0 Å². The van der Waals surface area contributed by atoms with Crippen LogP contribution in [0.15, 0.2) is 158 Å². The molecule has 8 aromatic carbocycles. The summed E-state index contributed by atoms with van der Waals surface area (Å²) in [5.41, 5.74) is 15.4. The van der Waals surface area contributed by atoms with Gasteiger partial charge in [-0.25, -0.2) is 0 Å². The number of benzene rings is 8. The number of fused-ring (bicyclic) bond motifs is 11. The molecule has 2 nitrogen and oxygen atoms in total. The van der Waals surface area contributed by atoms with E-state index in [2.05, 4.69) is 143 Å². The lowest BCUT2D eigenvalue weighted by Gasteiger charge is -2.22. The molecule has 2 heterocycles. The molecule has 0 atom stereocenters. The van der Waals surface area contributed by atoms with Gasteiger partial charge in [0.05, 0.1) is 0 Å².